The summed E-state index contributed by atoms with van der Waals surface area (Å²) in [6.45, 7) is 10.3. The summed E-state index contributed by atoms with van der Waals surface area (Å²) in [5.74, 6) is 0. The maximum Gasteiger partial charge on any atom is 0.139 e. The molecular formula is C10H22N2OSi. The van der Waals surface area contributed by atoms with Gasteiger partial charge >= 0.3 is 0 Å². The van der Waals surface area contributed by atoms with Crippen LogP contribution in [0, 0.1) is 0 Å². The fourth-order valence-electron chi connectivity index (χ4n) is 0.725. The summed E-state index contributed by atoms with van der Waals surface area (Å²) in [7, 11) is -0.942. The molecule has 0 aliphatic heterocycles. The smallest absolute Gasteiger partial charge is 0.139 e. The fourth-order valence-corrected chi connectivity index (χ4v) is 1.48. The zero-order chi connectivity index (χ0) is 10.9. The Kier molecular flexibility index (Phi) is 7.42. The van der Waals surface area contributed by atoms with Crippen LogP contribution >= 0.6 is 0 Å². The molecule has 4 heteroatoms. The first kappa shape index (κ1) is 13.4. The molecular weight excluding hydrogens is 192 g/mol. The largest absolute Gasteiger partial charge is 0.360 e. The third-order valence-corrected chi connectivity index (χ3v) is 3.30. The Morgan fingerprint density at radius 2 is 2.07 bits per heavy atom. The van der Waals surface area contributed by atoms with Gasteiger partial charge in [-0.05, 0) is 19.2 Å². The van der Waals surface area contributed by atoms with E-state index in [0.717, 1.165) is 6.61 Å². The molecule has 0 aliphatic carbocycles. The van der Waals surface area contributed by atoms with Crippen molar-refractivity contribution in [3.05, 3.63) is 12.3 Å². The fraction of sp³-hybridized carbons (Fsp3) is 0.700. The molecule has 0 aliphatic rings. The third kappa shape index (κ3) is 11.4. The van der Waals surface area contributed by atoms with Crippen molar-refractivity contribution in [2.45, 2.75) is 32.6 Å². The van der Waals surface area contributed by atoms with Gasteiger partial charge in [0.1, 0.15) is 6.73 Å². The van der Waals surface area contributed by atoms with Crippen LogP contribution < -0.4 is 5.32 Å². The first-order valence-corrected chi connectivity index (χ1v) is 8.70. The minimum Gasteiger partial charge on any atom is -0.360 e. The summed E-state index contributed by atoms with van der Waals surface area (Å²) < 4.78 is 5.36. The topological polar surface area (TPSA) is 33.6 Å². The quantitative estimate of drug-likeness (QED) is 0.306. The molecule has 0 bridgehead atoms. The number of hydrogen-bond acceptors (Lipinski definition) is 2. The highest BCUT2D eigenvalue weighted by Gasteiger charge is 2.11. The van der Waals surface area contributed by atoms with Gasteiger partial charge in [0.05, 0.1) is 6.34 Å². The molecule has 82 valence electrons. The van der Waals surface area contributed by atoms with Gasteiger partial charge in [-0.3, -0.25) is 0 Å². The van der Waals surface area contributed by atoms with Gasteiger partial charge in [-0.2, -0.15) is 0 Å². The minimum absolute atomic E-state index is 0.453. The Bertz CT molecular complexity index is 185. The lowest BCUT2D eigenvalue weighted by atomic mass is 10.7. The summed E-state index contributed by atoms with van der Waals surface area (Å²) in [4.78, 5) is 4.03. The van der Waals surface area contributed by atoms with Gasteiger partial charge in [0.2, 0.25) is 0 Å². The summed E-state index contributed by atoms with van der Waals surface area (Å²) in [5.41, 5.74) is 0. The highest BCUT2D eigenvalue weighted by molar-refractivity contribution is 6.76. The van der Waals surface area contributed by atoms with Crippen LogP contribution in [-0.4, -0.2) is 27.8 Å². The molecule has 0 heterocycles. The van der Waals surface area contributed by atoms with Crippen molar-refractivity contribution >= 4 is 14.4 Å². The van der Waals surface area contributed by atoms with Crippen molar-refractivity contribution in [1.82, 2.24) is 5.32 Å². The van der Waals surface area contributed by atoms with Gasteiger partial charge in [0.15, 0.2) is 0 Å². The summed E-state index contributed by atoms with van der Waals surface area (Å²) in [5, 5.41) is 2.90. The Labute approximate surface area is 88.3 Å². The van der Waals surface area contributed by atoms with E-state index in [-0.39, 0.29) is 0 Å². The highest BCUT2D eigenvalue weighted by atomic mass is 28.3. The number of hydrogen-bond donors (Lipinski definition) is 1. The summed E-state index contributed by atoms with van der Waals surface area (Å²) in [6.07, 6.45) is 5.39. The van der Waals surface area contributed by atoms with Crippen LogP contribution in [-0.2, 0) is 4.74 Å². The van der Waals surface area contributed by atoms with E-state index in [2.05, 4.69) is 30.0 Å². The number of allylic oxidation sites excluding steroid dienone is 1. The second-order valence-electron chi connectivity index (χ2n) is 4.33. The van der Waals surface area contributed by atoms with Crippen molar-refractivity contribution in [3.63, 3.8) is 0 Å². The number of nitrogens with zero attached hydrogens (tertiary/aromatic N) is 1. The van der Waals surface area contributed by atoms with Crippen LogP contribution in [0.1, 0.15) is 6.92 Å². The van der Waals surface area contributed by atoms with Gasteiger partial charge in [0.25, 0.3) is 0 Å². The Morgan fingerprint density at radius 1 is 1.36 bits per heavy atom. The van der Waals surface area contributed by atoms with E-state index in [1.165, 1.54) is 6.04 Å². The van der Waals surface area contributed by atoms with E-state index in [1.807, 2.05) is 19.2 Å². The summed E-state index contributed by atoms with van der Waals surface area (Å²) in [6, 6.07) is 1.20. The van der Waals surface area contributed by atoms with Crippen LogP contribution in [0.4, 0.5) is 0 Å². The van der Waals surface area contributed by atoms with Crippen LogP contribution in [0.25, 0.3) is 0 Å². The SMILES string of the molecule is C/C=C\NC=NCOCC[Si](C)(C)C. The number of rotatable bonds is 7. The molecule has 14 heavy (non-hydrogen) atoms. The second kappa shape index (κ2) is 7.76. The molecule has 1 N–H and O–H groups in total. The van der Waals surface area contributed by atoms with Crippen molar-refractivity contribution in [2.24, 2.45) is 4.99 Å². The van der Waals surface area contributed by atoms with E-state index in [1.54, 1.807) is 6.34 Å². The van der Waals surface area contributed by atoms with Crippen LogP contribution in [0.3, 0.4) is 0 Å². The number of ether oxygens (including phenoxy) is 1. The molecule has 0 atom stereocenters. The molecule has 0 amide bonds. The highest BCUT2D eigenvalue weighted by Crippen LogP contribution is 2.07. The first-order chi connectivity index (χ1) is 6.56. The maximum atomic E-state index is 5.36. The zero-order valence-electron chi connectivity index (χ0n) is 9.71. The maximum absolute atomic E-state index is 5.36. The third-order valence-electron chi connectivity index (χ3n) is 1.59. The van der Waals surface area contributed by atoms with Gasteiger partial charge in [-0.25, -0.2) is 4.99 Å². The lowest BCUT2D eigenvalue weighted by Gasteiger charge is -2.14. The predicted octanol–water partition coefficient (Wildman–Crippen LogP) is 2.45. The van der Waals surface area contributed by atoms with Crippen molar-refractivity contribution in [3.8, 4) is 0 Å². The average molecular weight is 214 g/mol. The van der Waals surface area contributed by atoms with Gasteiger partial charge in [0, 0.05) is 14.7 Å². The molecule has 0 fully saturated rings. The van der Waals surface area contributed by atoms with E-state index < -0.39 is 8.07 Å². The van der Waals surface area contributed by atoms with E-state index in [0.29, 0.717) is 6.73 Å². The average Bonchev–Trinajstić information content (AvgIpc) is 2.08. The molecule has 0 spiro atoms. The molecule has 0 rings (SSSR count). The van der Waals surface area contributed by atoms with Crippen LogP contribution in [0.2, 0.25) is 25.7 Å². The van der Waals surface area contributed by atoms with Gasteiger partial charge in [-0.1, -0.05) is 25.7 Å². The predicted molar refractivity (Wildman–Crippen MR) is 65.4 cm³/mol. The van der Waals surface area contributed by atoms with Crippen molar-refractivity contribution in [1.29, 1.82) is 0 Å². The van der Waals surface area contributed by atoms with E-state index in [4.69, 9.17) is 4.74 Å². The Balaban J connectivity index is 3.25. The van der Waals surface area contributed by atoms with Crippen LogP contribution in [0.5, 0.6) is 0 Å². The van der Waals surface area contributed by atoms with Crippen molar-refractivity contribution < 1.29 is 4.74 Å². The minimum atomic E-state index is -0.942. The lowest BCUT2D eigenvalue weighted by Crippen LogP contribution is -2.21. The molecule has 0 aromatic carbocycles. The van der Waals surface area contributed by atoms with E-state index >= 15 is 0 Å². The normalized spacial score (nSPS) is 12.9. The second-order valence-corrected chi connectivity index (χ2v) is 9.95. The molecule has 0 saturated carbocycles. The molecule has 0 saturated heterocycles. The summed E-state index contributed by atoms with van der Waals surface area (Å²) >= 11 is 0. The van der Waals surface area contributed by atoms with Gasteiger partial charge in [-0.15, -0.1) is 0 Å². The molecule has 0 aromatic heterocycles. The molecule has 0 unspecified atom stereocenters. The molecule has 0 aromatic rings. The van der Waals surface area contributed by atoms with Crippen molar-refractivity contribution in [2.75, 3.05) is 13.3 Å². The Morgan fingerprint density at radius 3 is 2.64 bits per heavy atom. The van der Waals surface area contributed by atoms with E-state index in [9.17, 15) is 0 Å². The number of nitrogens with one attached hydrogen (secondary N) is 1. The van der Waals surface area contributed by atoms with Crippen LogP contribution in [0.15, 0.2) is 17.3 Å². The van der Waals surface area contributed by atoms with Gasteiger partial charge < -0.3 is 10.1 Å². The number of aliphatic imine (C=N–C) groups is 1. The molecule has 3 nitrogen and oxygen atoms in total. The lowest BCUT2D eigenvalue weighted by molar-refractivity contribution is 0.155. The first-order valence-electron chi connectivity index (χ1n) is 4.99. The zero-order valence-corrected chi connectivity index (χ0v) is 10.7. The standard InChI is InChI=1S/C10H22N2OSi/c1-5-6-11-9-12-10-13-7-8-14(2,3)4/h5-6,9H,7-8,10H2,1-4H3,(H,11,12)/b6-5-. The Hall–Kier alpha value is -0.613. The molecule has 0 radical (unpaired) electrons. The monoisotopic (exact) mass is 214 g/mol.